The molecule has 17 heteroatoms. The van der Waals surface area contributed by atoms with Gasteiger partial charge in [-0.25, -0.2) is 0 Å². The first kappa shape index (κ1) is 34.4. The number of nitrogens with one attached hydrogen (secondary N) is 2. The Balaban J connectivity index is 1.85. The second-order valence-corrected chi connectivity index (χ2v) is 11.2. The van der Waals surface area contributed by atoms with Crippen LogP contribution in [0.5, 0.6) is 0 Å². The Morgan fingerprint density at radius 2 is 1.68 bits per heavy atom. The molecule has 1 unspecified atom stereocenters. The summed E-state index contributed by atoms with van der Waals surface area (Å²) in [5, 5.41) is 68.4. The van der Waals surface area contributed by atoms with Gasteiger partial charge < -0.3 is 84.2 Å². The van der Waals surface area contributed by atoms with Crippen molar-refractivity contribution in [2.24, 2.45) is 34.6 Å². The minimum atomic E-state index is -1.56. The molecule has 41 heavy (non-hydrogen) atoms. The largest absolute Gasteiger partial charge is 0.394 e. The van der Waals surface area contributed by atoms with Crippen LogP contribution in [0.1, 0.15) is 19.3 Å². The van der Waals surface area contributed by atoms with Crippen molar-refractivity contribution in [1.29, 1.82) is 0 Å². The summed E-state index contributed by atoms with van der Waals surface area (Å²) in [6.07, 6.45) is -11.3. The highest BCUT2D eigenvalue weighted by Crippen LogP contribution is 2.36. The highest BCUT2D eigenvalue weighted by atomic mass is 16.7. The predicted octanol–water partition coefficient (Wildman–Crippen LogP) is -7.57. The highest BCUT2D eigenvalue weighted by molar-refractivity contribution is 5.81. The van der Waals surface area contributed by atoms with Crippen LogP contribution in [0.4, 0.5) is 0 Å². The van der Waals surface area contributed by atoms with E-state index in [9.17, 15) is 35.4 Å². The van der Waals surface area contributed by atoms with Crippen molar-refractivity contribution in [3.63, 3.8) is 0 Å². The number of rotatable bonds is 12. The van der Waals surface area contributed by atoms with E-state index in [4.69, 9.17) is 42.9 Å². The van der Waals surface area contributed by atoms with Crippen molar-refractivity contribution < 1.29 is 49.6 Å². The van der Waals surface area contributed by atoms with E-state index in [0.29, 0.717) is 19.6 Å². The standard InChI is InChI=1S/C24H49N7O10/c25-2-1-3-30-7-14-12(33)5-10(28)21(39-14)16-9(27)4-11(31-23(38)13(34)6-26)22(19(16)36)41-24-20(37)17(29)18(35)15(8-32)40-24/h9-22,24,30,32-37H,1-8,25-29H2,(H,31,38)/t9-,10+,11+,12-,13-,14+,15+,16?,17-,18+,19-,20+,21-,22-,24+/m0/s1. The average Bonchev–Trinajstić information content (AvgIpc) is 2.94. The van der Waals surface area contributed by atoms with E-state index in [1.54, 1.807) is 0 Å². The molecule has 3 fully saturated rings. The van der Waals surface area contributed by atoms with E-state index in [1.165, 1.54) is 0 Å². The molecule has 2 aliphatic heterocycles. The number of hydrogen-bond donors (Lipinski definition) is 13. The Bertz CT molecular complexity index is 819. The molecular formula is C24H49N7O10. The van der Waals surface area contributed by atoms with Gasteiger partial charge in [0.2, 0.25) is 5.91 Å². The Hall–Kier alpha value is -1.13. The van der Waals surface area contributed by atoms with E-state index in [2.05, 4.69) is 10.6 Å². The molecular weight excluding hydrogens is 546 g/mol. The molecule has 3 aliphatic rings. The van der Waals surface area contributed by atoms with Gasteiger partial charge in [-0.05, 0) is 32.4 Å². The molecule has 2 heterocycles. The van der Waals surface area contributed by atoms with Gasteiger partial charge in [-0.3, -0.25) is 4.79 Å². The summed E-state index contributed by atoms with van der Waals surface area (Å²) in [5.74, 6) is -1.68. The SMILES string of the molecule is NCCCNC[C@H]1O[C@H](C2[C@@H](N)C[C@@H](NC(=O)[C@@H](O)CN)[C@H](O[C@H]3O[C@H](CO)[C@@H](O)[C@H](N)[C@H]3O)[C@H]2O)[C@H](N)C[C@@H]1O. The van der Waals surface area contributed by atoms with Crippen molar-refractivity contribution in [2.75, 3.05) is 32.8 Å². The third-order valence-corrected chi connectivity index (χ3v) is 8.21. The van der Waals surface area contributed by atoms with Crippen molar-refractivity contribution >= 4 is 5.91 Å². The molecule has 3 rings (SSSR count). The maximum absolute atomic E-state index is 12.5. The lowest BCUT2D eigenvalue weighted by molar-refractivity contribution is -0.306. The first-order chi connectivity index (χ1) is 19.4. The Labute approximate surface area is 238 Å². The lowest BCUT2D eigenvalue weighted by atomic mass is 9.72. The number of aliphatic hydroxyl groups is 6. The van der Waals surface area contributed by atoms with Gasteiger partial charge in [0.15, 0.2) is 6.29 Å². The summed E-state index contributed by atoms with van der Waals surface area (Å²) >= 11 is 0. The maximum Gasteiger partial charge on any atom is 0.250 e. The fraction of sp³-hybridized carbons (Fsp3) is 0.958. The predicted molar refractivity (Wildman–Crippen MR) is 143 cm³/mol. The van der Waals surface area contributed by atoms with Crippen LogP contribution in [-0.2, 0) is 19.0 Å². The molecule has 0 aromatic carbocycles. The Morgan fingerprint density at radius 1 is 0.976 bits per heavy atom. The van der Waals surface area contributed by atoms with Gasteiger partial charge in [0.05, 0.1) is 43.1 Å². The monoisotopic (exact) mass is 595 g/mol. The first-order valence-electron chi connectivity index (χ1n) is 14.1. The first-order valence-corrected chi connectivity index (χ1v) is 14.1. The van der Waals surface area contributed by atoms with E-state index in [1.807, 2.05) is 0 Å². The minimum Gasteiger partial charge on any atom is -0.394 e. The molecule has 0 aromatic heterocycles. The van der Waals surface area contributed by atoms with Crippen molar-refractivity contribution in [3.05, 3.63) is 0 Å². The Morgan fingerprint density at radius 3 is 2.32 bits per heavy atom. The molecule has 1 amide bonds. The molecule has 18 N–H and O–H groups in total. The van der Waals surface area contributed by atoms with Gasteiger partial charge in [0.1, 0.15) is 30.5 Å². The molecule has 0 spiro atoms. The van der Waals surface area contributed by atoms with Crippen molar-refractivity contribution in [1.82, 2.24) is 10.6 Å². The number of carbonyl (C=O) groups is 1. The number of ether oxygens (including phenoxy) is 3. The van der Waals surface area contributed by atoms with E-state index < -0.39 is 104 Å². The van der Waals surface area contributed by atoms with Gasteiger partial charge in [0, 0.05) is 31.1 Å². The summed E-state index contributed by atoms with van der Waals surface area (Å²) in [7, 11) is 0. The number of amides is 1. The molecule has 1 saturated carbocycles. The molecule has 0 radical (unpaired) electrons. The van der Waals surface area contributed by atoms with Crippen LogP contribution in [0.2, 0.25) is 0 Å². The zero-order chi connectivity index (χ0) is 30.4. The molecule has 0 bridgehead atoms. The van der Waals surface area contributed by atoms with Crippen LogP contribution in [0.25, 0.3) is 0 Å². The van der Waals surface area contributed by atoms with Crippen LogP contribution in [0.15, 0.2) is 0 Å². The van der Waals surface area contributed by atoms with Crippen molar-refractivity contribution in [2.45, 2.75) is 105 Å². The fourth-order valence-electron chi connectivity index (χ4n) is 5.81. The van der Waals surface area contributed by atoms with Gasteiger partial charge in [-0.1, -0.05) is 0 Å². The van der Waals surface area contributed by atoms with Crippen LogP contribution >= 0.6 is 0 Å². The molecule has 2 saturated heterocycles. The van der Waals surface area contributed by atoms with Gasteiger partial charge in [0.25, 0.3) is 0 Å². The molecule has 1 aliphatic carbocycles. The van der Waals surface area contributed by atoms with Gasteiger partial charge in [-0.15, -0.1) is 0 Å². The van der Waals surface area contributed by atoms with Crippen LogP contribution in [0.3, 0.4) is 0 Å². The third-order valence-electron chi connectivity index (χ3n) is 8.21. The summed E-state index contributed by atoms with van der Waals surface area (Å²) in [5.41, 5.74) is 29.8. The summed E-state index contributed by atoms with van der Waals surface area (Å²) in [6.45, 7) is 0.445. The van der Waals surface area contributed by atoms with Crippen LogP contribution < -0.4 is 39.3 Å². The molecule has 0 aromatic rings. The van der Waals surface area contributed by atoms with Gasteiger partial charge >= 0.3 is 0 Å². The van der Waals surface area contributed by atoms with Crippen molar-refractivity contribution in [3.8, 4) is 0 Å². The van der Waals surface area contributed by atoms with E-state index in [0.717, 1.165) is 6.42 Å². The minimum absolute atomic E-state index is 0.0326. The second-order valence-electron chi connectivity index (χ2n) is 11.2. The highest BCUT2D eigenvalue weighted by Gasteiger charge is 2.53. The van der Waals surface area contributed by atoms with Gasteiger partial charge in [-0.2, -0.15) is 0 Å². The zero-order valence-corrected chi connectivity index (χ0v) is 23.0. The molecule has 17 nitrogen and oxygen atoms in total. The van der Waals surface area contributed by atoms with Crippen LogP contribution in [0, 0.1) is 5.92 Å². The number of aliphatic hydroxyl groups excluding tert-OH is 6. The number of hydrogen-bond acceptors (Lipinski definition) is 16. The molecule has 15 atom stereocenters. The summed E-state index contributed by atoms with van der Waals surface area (Å²) in [4.78, 5) is 12.5. The van der Waals surface area contributed by atoms with Crippen LogP contribution in [-0.4, -0.2) is 155 Å². The quantitative estimate of drug-likeness (QED) is 0.0931. The molecule has 240 valence electrons. The number of nitrogens with two attached hydrogens (primary N) is 5. The normalized spacial score (nSPS) is 44.4. The number of carbonyl (C=O) groups excluding carboxylic acids is 1. The zero-order valence-electron chi connectivity index (χ0n) is 23.0. The summed E-state index contributed by atoms with van der Waals surface area (Å²) < 4.78 is 17.7. The lowest BCUT2D eigenvalue weighted by Crippen LogP contribution is -2.70. The Kier molecular flexibility index (Phi) is 13.0. The topological polar surface area (TPSA) is 320 Å². The maximum atomic E-state index is 12.5. The van der Waals surface area contributed by atoms with E-state index in [-0.39, 0.29) is 19.4 Å². The fourth-order valence-corrected chi connectivity index (χ4v) is 5.81. The second kappa shape index (κ2) is 15.6. The summed E-state index contributed by atoms with van der Waals surface area (Å²) in [6, 6.07) is -3.73. The third kappa shape index (κ3) is 8.08. The smallest absolute Gasteiger partial charge is 0.250 e. The van der Waals surface area contributed by atoms with E-state index >= 15 is 0 Å². The average molecular weight is 596 g/mol. The lowest BCUT2D eigenvalue weighted by Gasteiger charge is -2.51.